The molecule has 3 rings (SSSR count). The minimum Gasteiger partial charge on any atom is -0.479 e. The molecule has 0 radical (unpaired) electrons. The molecular formula is C21H23NO8. The molecule has 0 aromatic heterocycles. The lowest BCUT2D eigenvalue weighted by atomic mass is 9.99. The quantitative estimate of drug-likeness (QED) is 0.449. The van der Waals surface area contributed by atoms with Crippen molar-refractivity contribution in [2.75, 3.05) is 5.32 Å². The number of esters is 1. The Morgan fingerprint density at radius 2 is 1.73 bits per heavy atom. The number of aliphatic carboxylic acids is 1. The van der Waals surface area contributed by atoms with Crippen molar-refractivity contribution in [1.29, 1.82) is 0 Å². The van der Waals surface area contributed by atoms with E-state index in [9.17, 15) is 24.9 Å². The Morgan fingerprint density at radius 1 is 1.03 bits per heavy atom. The topological polar surface area (TPSA) is 146 Å². The number of aryl methyl sites for hydroxylation is 1. The van der Waals surface area contributed by atoms with Gasteiger partial charge in [0.25, 0.3) is 0 Å². The molecule has 1 saturated heterocycles. The number of hydrogen-bond acceptors (Lipinski definition) is 8. The molecule has 160 valence electrons. The zero-order valence-electron chi connectivity index (χ0n) is 18.9. The van der Waals surface area contributed by atoms with Crippen molar-refractivity contribution >= 4 is 23.3 Å². The zero-order valence-corrected chi connectivity index (χ0v) is 15.9. The van der Waals surface area contributed by atoms with Gasteiger partial charge in [-0.05, 0) is 43.1 Å². The second-order valence-electron chi connectivity index (χ2n) is 6.79. The predicted octanol–water partition coefficient (Wildman–Crippen LogP) is 1.10. The molecule has 0 amide bonds. The van der Waals surface area contributed by atoms with Gasteiger partial charge in [-0.2, -0.15) is 0 Å². The summed E-state index contributed by atoms with van der Waals surface area (Å²) >= 11 is 0. The van der Waals surface area contributed by atoms with Crippen molar-refractivity contribution in [2.45, 2.75) is 44.5 Å². The molecule has 0 spiro atoms. The first-order valence-electron chi connectivity index (χ1n) is 10.5. The number of para-hydroxylation sites is 1. The number of carboxylic acids is 1. The molecule has 1 aliphatic heterocycles. The fraction of sp³-hybridized carbons (Fsp3) is 0.333. The number of benzene rings is 2. The monoisotopic (exact) mass is 420 g/mol. The summed E-state index contributed by atoms with van der Waals surface area (Å²) in [6, 6.07) is 10.8. The highest BCUT2D eigenvalue weighted by atomic mass is 16.7. The van der Waals surface area contributed by atoms with Gasteiger partial charge in [-0.15, -0.1) is 0 Å². The Bertz CT molecular complexity index is 1040. The lowest BCUT2D eigenvalue weighted by molar-refractivity contribution is -0.278. The number of hydrogen-bond donors (Lipinski definition) is 5. The van der Waals surface area contributed by atoms with E-state index in [1.54, 1.807) is 25.1 Å². The van der Waals surface area contributed by atoms with Crippen LogP contribution >= 0.6 is 0 Å². The highest BCUT2D eigenvalue weighted by Crippen LogP contribution is 2.28. The molecule has 1 fully saturated rings. The summed E-state index contributed by atoms with van der Waals surface area (Å²) in [6.45, 7) is -0.712. The summed E-state index contributed by atoms with van der Waals surface area (Å²) in [5.41, 5.74) is 1.24. The summed E-state index contributed by atoms with van der Waals surface area (Å²) in [7, 11) is 0. The van der Waals surface area contributed by atoms with Crippen LogP contribution in [0, 0.1) is 13.8 Å². The van der Waals surface area contributed by atoms with Crippen molar-refractivity contribution in [3.05, 3.63) is 59.2 Å². The Labute approximate surface area is 176 Å². The third kappa shape index (κ3) is 4.29. The number of nitrogens with one attached hydrogen (secondary N) is 1. The van der Waals surface area contributed by atoms with Crippen LogP contribution in [-0.2, 0) is 14.3 Å². The lowest BCUT2D eigenvalue weighted by Crippen LogP contribution is -2.60. The summed E-state index contributed by atoms with van der Waals surface area (Å²) in [5, 5.41) is 41.8. The first kappa shape index (κ1) is 17.8. The molecule has 1 heterocycles. The maximum Gasteiger partial charge on any atom is 0.342 e. The summed E-state index contributed by atoms with van der Waals surface area (Å²) < 4.78 is 33.0. The fourth-order valence-corrected chi connectivity index (χ4v) is 3.00. The average Bonchev–Trinajstić information content (AvgIpc) is 2.74. The van der Waals surface area contributed by atoms with Crippen LogP contribution in [-0.4, -0.2) is 63.1 Å². The summed E-state index contributed by atoms with van der Waals surface area (Å²) in [4.78, 5) is 24.0. The van der Waals surface area contributed by atoms with Gasteiger partial charge in [-0.3, -0.25) is 0 Å². The van der Waals surface area contributed by atoms with E-state index in [-0.39, 0.29) is 16.8 Å². The molecule has 0 unspecified atom stereocenters. The van der Waals surface area contributed by atoms with Crippen LogP contribution in [0.1, 0.15) is 25.6 Å². The molecule has 30 heavy (non-hydrogen) atoms. The minimum absolute atomic E-state index is 0.0283. The van der Waals surface area contributed by atoms with Crippen LogP contribution in [0.25, 0.3) is 0 Å². The first-order valence-corrected chi connectivity index (χ1v) is 9.01. The van der Waals surface area contributed by atoms with Gasteiger partial charge in [0.15, 0.2) is 6.10 Å². The SMILES string of the molecule is [2H]C([2H])([2H])c1cccc(Nc2ccccc2C(=O)O[C@@H]2O[C@H](C(=O)O)[C@@H](O)[C@H](O)[C@H]2O)c1C. The fourth-order valence-electron chi connectivity index (χ4n) is 3.00. The van der Waals surface area contributed by atoms with E-state index < -0.39 is 49.5 Å². The van der Waals surface area contributed by atoms with Gasteiger partial charge in [0.1, 0.15) is 18.3 Å². The second-order valence-corrected chi connectivity index (χ2v) is 6.79. The molecular weight excluding hydrogens is 394 g/mol. The third-order valence-electron chi connectivity index (χ3n) is 4.79. The molecule has 9 heteroatoms. The number of aliphatic hydroxyl groups excluding tert-OH is 3. The van der Waals surface area contributed by atoms with Crippen molar-refractivity contribution in [2.24, 2.45) is 0 Å². The number of rotatable bonds is 5. The molecule has 1 aliphatic rings. The lowest BCUT2D eigenvalue weighted by Gasteiger charge is -2.38. The van der Waals surface area contributed by atoms with Crippen LogP contribution in [0.15, 0.2) is 42.5 Å². The van der Waals surface area contributed by atoms with Crippen LogP contribution in [0.2, 0.25) is 0 Å². The van der Waals surface area contributed by atoms with E-state index in [1.165, 1.54) is 24.3 Å². The molecule has 2 aromatic carbocycles. The van der Waals surface area contributed by atoms with Crippen LogP contribution < -0.4 is 5.32 Å². The number of aliphatic hydroxyl groups is 3. The van der Waals surface area contributed by atoms with E-state index in [0.717, 1.165) is 0 Å². The van der Waals surface area contributed by atoms with Crippen molar-refractivity contribution in [3.8, 4) is 0 Å². The predicted molar refractivity (Wildman–Crippen MR) is 105 cm³/mol. The second kappa shape index (κ2) is 8.80. The maximum absolute atomic E-state index is 12.8. The number of carboxylic acid groups (broad SMARTS) is 1. The molecule has 5 atom stereocenters. The number of carbonyl (C=O) groups excluding carboxylic acids is 1. The Morgan fingerprint density at radius 3 is 2.43 bits per heavy atom. The normalized spacial score (nSPS) is 28.0. The van der Waals surface area contributed by atoms with Gasteiger partial charge in [0, 0.05) is 9.80 Å². The Hall–Kier alpha value is -2.98. The standard InChI is InChI=1S/C21H23NO8/c1-10-6-5-9-13(11(10)2)22-14-8-4-3-7-12(14)20(28)30-21-17(25)15(23)16(24)18(29-21)19(26)27/h3-9,15-18,21-25H,1-2H3,(H,26,27)/t15-,16-,17+,18-,21-/m0/s1/i1D3. The Balaban J connectivity index is 1.85. The van der Waals surface area contributed by atoms with E-state index in [1.807, 2.05) is 0 Å². The average molecular weight is 420 g/mol. The molecule has 0 aliphatic carbocycles. The van der Waals surface area contributed by atoms with E-state index in [2.05, 4.69) is 5.32 Å². The van der Waals surface area contributed by atoms with Gasteiger partial charge < -0.3 is 35.2 Å². The van der Waals surface area contributed by atoms with E-state index in [4.69, 9.17) is 18.7 Å². The third-order valence-corrected chi connectivity index (χ3v) is 4.79. The van der Waals surface area contributed by atoms with Gasteiger partial charge >= 0.3 is 11.9 Å². The van der Waals surface area contributed by atoms with Gasteiger partial charge in [0.05, 0.1) is 11.3 Å². The number of carbonyl (C=O) groups is 2. The van der Waals surface area contributed by atoms with Gasteiger partial charge in [0.2, 0.25) is 6.29 Å². The first-order chi connectivity index (χ1) is 15.4. The van der Waals surface area contributed by atoms with E-state index >= 15 is 0 Å². The van der Waals surface area contributed by atoms with Gasteiger partial charge in [-0.1, -0.05) is 24.3 Å². The zero-order chi connectivity index (χ0) is 24.5. The summed E-state index contributed by atoms with van der Waals surface area (Å²) in [6.07, 6.45) is -9.51. The molecule has 0 saturated carbocycles. The largest absolute Gasteiger partial charge is 0.479 e. The van der Waals surface area contributed by atoms with Crippen LogP contribution in [0.4, 0.5) is 11.4 Å². The molecule has 5 N–H and O–H groups in total. The number of ether oxygens (including phenoxy) is 2. The maximum atomic E-state index is 12.8. The van der Waals surface area contributed by atoms with Crippen LogP contribution in [0.5, 0.6) is 0 Å². The van der Waals surface area contributed by atoms with Gasteiger partial charge in [-0.25, -0.2) is 9.59 Å². The van der Waals surface area contributed by atoms with Crippen LogP contribution in [0.3, 0.4) is 0 Å². The minimum atomic E-state index is -2.33. The highest BCUT2D eigenvalue weighted by molar-refractivity contribution is 5.96. The molecule has 9 nitrogen and oxygen atoms in total. The smallest absolute Gasteiger partial charge is 0.342 e. The van der Waals surface area contributed by atoms with Crippen molar-refractivity contribution in [1.82, 2.24) is 0 Å². The number of anilines is 2. The Kier molecular flexibility index (Phi) is 5.23. The van der Waals surface area contributed by atoms with Crippen molar-refractivity contribution in [3.63, 3.8) is 0 Å². The van der Waals surface area contributed by atoms with E-state index in [0.29, 0.717) is 11.3 Å². The molecule has 2 aromatic rings. The van der Waals surface area contributed by atoms with Crippen molar-refractivity contribution < 1.29 is 43.6 Å². The molecule has 0 bridgehead atoms. The summed E-state index contributed by atoms with van der Waals surface area (Å²) in [5.74, 6) is -2.62. The highest BCUT2D eigenvalue weighted by Gasteiger charge is 2.48.